The third kappa shape index (κ3) is 28.2. The lowest BCUT2D eigenvalue weighted by Gasteiger charge is -2.46. The van der Waals surface area contributed by atoms with Crippen LogP contribution in [0.25, 0.3) is 0 Å². The van der Waals surface area contributed by atoms with Crippen LogP contribution in [-0.4, -0.2) is 140 Å². The SMILES string of the molecule is CCCCCCC/C=C\C/C=C\CCCCCCCCCCCC(=O)NC(COC1OC(CO)C(OC2OC(CO)C(O)C(O)C2O)C(O)C1O)C(O)/C=C/CC/C=C/CC/C=C/CCCCCCC. The fourth-order valence-electron chi connectivity index (χ4n) is 8.65. The number of amides is 1. The Morgan fingerprint density at radius 1 is 0.514 bits per heavy atom. The largest absolute Gasteiger partial charge is 0.394 e. The molecule has 14 nitrogen and oxygen atoms in total. The quantitative estimate of drug-likeness (QED) is 0.0208. The molecule has 0 bridgehead atoms. The number of hydrogen-bond donors (Lipinski definition) is 9. The van der Waals surface area contributed by atoms with E-state index in [2.05, 4.69) is 67.8 Å². The molecule has 2 fully saturated rings. The number of aliphatic hydroxyl groups is 8. The molecule has 1 amide bonds. The fraction of sp³-hybridized carbons (Fsp3) is 0.804. The Labute approximate surface area is 422 Å². The lowest BCUT2D eigenvalue weighted by Crippen LogP contribution is -2.65. The Bertz CT molecular complexity index is 1410. The number of nitrogens with one attached hydrogen (secondary N) is 1. The maximum Gasteiger partial charge on any atom is 0.220 e. The number of rotatable bonds is 42. The van der Waals surface area contributed by atoms with E-state index in [1.807, 2.05) is 6.08 Å². The standard InChI is InChI=1S/C56H99NO13/c1-3-5-7-9-11-13-15-17-19-20-21-22-23-24-26-28-30-32-34-36-38-40-48(61)57-44(45(60)39-37-35-33-31-29-27-25-18-16-14-12-10-8-6-4-2)43-67-55-53(66)51(64)54(47(42-59)69-55)70-56-52(65)50(63)49(62)46(41-58)68-56/h15-18,20-21,29,31,37,39,44-47,49-56,58-60,62-66H,3-14,19,22-28,30,32-36,38,40-43H2,1-2H3,(H,57,61)/b17-15-,18-16+,21-20-,31-29+,39-37+. The Balaban J connectivity index is 1.82. The zero-order chi connectivity index (χ0) is 51.0. The first-order valence-corrected chi connectivity index (χ1v) is 27.5. The third-order valence-corrected chi connectivity index (χ3v) is 13.2. The molecule has 2 aliphatic heterocycles. The summed E-state index contributed by atoms with van der Waals surface area (Å²) in [6, 6.07) is -0.941. The van der Waals surface area contributed by atoms with Gasteiger partial charge in [0.15, 0.2) is 12.6 Å². The van der Waals surface area contributed by atoms with Crippen molar-refractivity contribution >= 4 is 5.91 Å². The van der Waals surface area contributed by atoms with E-state index in [4.69, 9.17) is 18.9 Å². The van der Waals surface area contributed by atoms with Crippen LogP contribution in [0.15, 0.2) is 60.8 Å². The molecule has 0 radical (unpaired) electrons. The van der Waals surface area contributed by atoms with Crippen LogP contribution in [0.4, 0.5) is 0 Å². The average Bonchev–Trinajstić information content (AvgIpc) is 3.36. The van der Waals surface area contributed by atoms with Gasteiger partial charge in [0.2, 0.25) is 5.91 Å². The van der Waals surface area contributed by atoms with Crippen molar-refractivity contribution in [2.24, 2.45) is 0 Å². The van der Waals surface area contributed by atoms with E-state index in [1.54, 1.807) is 6.08 Å². The highest BCUT2D eigenvalue weighted by Gasteiger charge is 2.51. The van der Waals surface area contributed by atoms with Crippen molar-refractivity contribution in [3.05, 3.63) is 60.8 Å². The van der Waals surface area contributed by atoms with Gasteiger partial charge >= 0.3 is 0 Å². The fourth-order valence-corrected chi connectivity index (χ4v) is 8.65. The predicted octanol–water partition coefficient (Wildman–Crippen LogP) is 8.22. The minimum absolute atomic E-state index is 0.260. The second kappa shape index (κ2) is 42.1. The highest BCUT2D eigenvalue weighted by atomic mass is 16.7. The van der Waals surface area contributed by atoms with Crippen molar-refractivity contribution < 1.29 is 64.6 Å². The number of ether oxygens (including phenoxy) is 4. The summed E-state index contributed by atoms with van der Waals surface area (Å²) in [5.41, 5.74) is 0. The molecule has 70 heavy (non-hydrogen) atoms. The second-order valence-electron chi connectivity index (χ2n) is 19.3. The molecular formula is C56H99NO13. The van der Waals surface area contributed by atoms with Crippen LogP contribution in [0.3, 0.4) is 0 Å². The van der Waals surface area contributed by atoms with E-state index in [0.29, 0.717) is 12.8 Å². The Morgan fingerprint density at radius 2 is 0.957 bits per heavy atom. The van der Waals surface area contributed by atoms with Gasteiger partial charge in [0.1, 0.15) is 48.8 Å². The van der Waals surface area contributed by atoms with Gasteiger partial charge in [-0.2, -0.15) is 0 Å². The van der Waals surface area contributed by atoms with Crippen LogP contribution in [0.1, 0.15) is 194 Å². The molecule has 0 saturated carbocycles. The van der Waals surface area contributed by atoms with E-state index in [0.717, 1.165) is 57.8 Å². The zero-order valence-corrected chi connectivity index (χ0v) is 43.2. The predicted molar refractivity (Wildman–Crippen MR) is 277 cm³/mol. The van der Waals surface area contributed by atoms with Crippen molar-refractivity contribution in [2.45, 2.75) is 267 Å². The van der Waals surface area contributed by atoms with Crippen molar-refractivity contribution in [3.8, 4) is 0 Å². The van der Waals surface area contributed by atoms with Gasteiger partial charge in [0.25, 0.3) is 0 Å². The molecule has 0 aromatic carbocycles. The van der Waals surface area contributed by atoms with Gasteiger partial charge < -0.3 is 65.1 Å². The van der Waals surface area contributed by atoms with Crippen molar-refractivity contribution in [1.29, 1.82) is 0 Å². The Kier molecular flexibility index (Phi) is 38.4. The normalized spacial score (nSPS) is 26.4. The van der Waals surface area contributed by atoms with Crippen LogP contribution in [0.5, 0.6) is 0 Å². The Hall–Kier alpha value is -2.31. The molecule has 2 rings (SSSR count). The molecule has 0 aromatic heterocycles. The van der Waals surface area contributed by atoms with Gasteiger partial charge in [-0.1, -0.05) is 171 Å². The Morgan fingerprint density at radius 3 is 1.49 bits per heavy atom. The van der Waals surface area contributed by atoms with Crippen LogP contribution in [0, 0.1) is 0 Å². The third-order valence-electron chi connectivity index (χ3n) is 13.2. The van der Waals surface area contributed by atoms with E-state index in [9.17, 15) is 45.6 Å². The smallest absolute Gasteiger partial charge is 0.220 e. The summed E-state index contributed by atoms with van der Waals surface area (Å²) in [6.45, 7) is 2.73. The number of carbonyl (C=O) groups is 1. The summed E-state index contributed by atoms with van der Waals surface area (Å²) in [4.78, 5) is 13.2. The summed E-state index contributed by atoms with van der Waals surface area (Å²) < 4.78 is 22.7. The van der Waals surface area contributed by atoms with Crippen molar-refractivity contribution in [3.63, 3.8) is 0 Å². The lowest BCUT2D eigenvalue weighted by atomic mass is 9.97. The van der Waals surface area contributed by atoms with Crippen molar-refractivity contribution in [1.82, 2.24) is 5.32 Å². The molecule has 2 saturated heterocycles. The topological polar surface area (TPSA) is 228 Å². The minimum atomic E-state index is -1.79. The molecule has 0 aliphatic carbocycles. The van der Waals surface area contributed by atoms with E-state index in [1.165, 1.54) is 103 Å². The maximum atomic E-state index is 13.2. The molecule has 0 aromatic rings. The summed E-state index contributed by atoms with van der Waals surface area (Å²) >= 11 is 0. The second-order valence-corrected chi connectivity index (χ2v) is 19.3. The van der Waals surface area contributed by atoms with E-state index < -0.39 is 86.8 Å². The van der Waals surface area contributed by atoms with Gasteiger partial charge in [-0.25, -0.2) is 0 Å². The molecular weight excluding hydrogens is 895 g/mol. The molecule has 2 aliphatic rings. The molecule has 14 heteroatoms. The van der Waals surface area contributed by atoms with Crippen LogP contribution in [0.2, 0.25) is 0 Å². The highest BCUT2D eigenvalue weighted by molar-refractivity contribution is 5.76. The van der Waals surface area contributed by atoms with Gasteiger partial charge in [0.05, 0.1) is 32.0 Å². The van der Waals surface area contributed by atoms with Crippen LogP contribution < -0.4 is 5.32 Å². The van der Waals surface area contributed by atoms with E-state index >= 15 is 0 Å². The molecule has 0 spiro atoms. The number of allylic oxidation sites excluding steroid dienone is 9. The zero-order valence-electron chi connectivity index (χ0n) is 43.2. The minimum Gasteiger partial charge on any atom is -0.394 e. The van der Waals surface area contributed by atoms with Crippen LogP contribution >= 0.6 is 0 Å². The first-order chi connectivity index (χ1) is 34.1. The summed E-state index contributed by atoms with van der Waals surface area (Å²) in [5, 5.41) is 86.8. The molecule has 12 unspecified atom stereocenters. The number of carbonyl (C=O) groups excluding carboxylic acids is 1. The van der Waals surface area contributed by atoms with Crippen LogP contribution in [-0.2, 0) is 23.7 Å². The monoisotopic (exact) mass is 994 g/mol. The number of unbranched alkanes of at least 4 members (excludes halogenated alkanes) is 21. The molecule has 9 N–H and O–H groups in total. The molecule has 2 heterocycles. The lowest BCUT2D eigenvalue weighted by molar-refractivity contribution is -0.359. The summed E-state index contributed by atoms with van der Waals surface area (Å²) in [6.07, 6.45) is 35.4. The number of aliphatic hydroxyl groups excluding tert-OH is 8. The maximum absolute atomic E-state index is 13.2. The van der Waals surface area contributed by atoms with E-state index in [-0.39, 0.29) is 18.9 Å². The molecule has 406 valence electrons. The van der Waals surface area contributed by atoms with Gasteiger partial charge in [0, 0.05) is 6.42 Å². The van der Waals surface area contributed by atoms with Gasteiger partial charge in [-0.05, 0) is 77.0 Å². The summed E-state index contributed by atoms with van der Waals surface area (Å²) in [5.74, 6) is -0.260. The number of hydrogen-bond acceptors (Lipinski definition) is 13. The highest BCUT2D eigenvalue weighted by Crippen LogP contribution is 2.30. The average molecular weight is 994 g/mol. The van der Waals surface area contributed by atoms with Gasteiger partial charge in [-0.15, -0.1) is 0 Å². The first kappa shape index (κ1) is 63.8. The van der Waals surface area contributed by atoms with Gasteiger partial charge in [-0.3, -0.25) is 4.79 Å². The van der Waals surface area contributed by atoms with Crippen molar-refractivity contribution in [2.75, 3.05) is 19.8 Å². The first-order valence-electron chi connectivity index (χ1n) is 27.5. The molecule has 12 atom stereocenters. The summed E-state index contributed by atoms with van der Waals surface area (Å²) in [7, 11) is 0.